The number of ether oxygens (including phenoxy) is 1. The monoisotopic (exact) mass is 346 g/mol. The number of nitrogens with zero attached hydrogens (tertiary/aromatic N) is 3. The number of nitrogens with one attached hydrogen (secondary N) is 1. The van der Waals surface area contributed by atoms with Crippen molar-refractivity contribution in [3.8, 4) is 5.75 Å². The Hall–Kier alpha value is -2.94. The summed E-state index contributed by atoms with van der Waals surface area (Å²) < 4.78 is 7.57. The van der Waals surface area contributed by atoms with Gasteiger partial charge in [0.25, 0.3) is 5.91 Å². The van der Waals surface area contributed by atoms with Gasteiger partial charge in [-0.3, -0.25) is 14.8 Å². The van der Waals surface area contributed by atoms with E-state index in [1.807, 2.05) is 13.0 Å². The van der Waals surface area contributed by atoms with E-state index in [9.17, 15) is 9.59 Å². The van der Waals surface area contributed by atoms with Gasteiger partial charge in [-0.15, -0.1) is 0 Å². The Balaban J connectivity index is 1.87. The second kappa shape index (κ2) is 6.28. The summed E-state index contributed by atoms with van der Waals surface area (Å²) in [5, 5.41) is 16.0. The standard InChI is InChI=1S/C15H14N4O4S/c1-3-23-8-4-5-10-11(6-8)24-15(16-10)17-13(20)12-9(14(21)22)7-19(2)18-12/h4-7H,3H2,1-2H3,(H,21,22)(H,16,17,20). The van der Waals surface area contributed by atoms with E-state index in [0.29, 0.717) is 11.7 Å². The smallest absolute Gasteiger partial charge is 0.339 e. The number of aromatic carboxylic acids is 1. The highest BCUT2D eigenvalue weighted by Gasteiger charge is 2.22. The Morgan fingerprint density at radius 3 is 2.92 bits per heavy atom. The highest BCUT2D eigenvalue weighted by Crippen LogP contribution is 2.29. The van der Waals surface area contributed by atoms with Crippen LogP contribution in [0.3, 0.4) is 0 Å². The maximum Gasteiger partial charge on any atom is 0.339 e. The van der Waals surface area contributed by atoms with Crippen LogP contribution < -0.4 is 10.1 Å². The van der Waals surface area contributed by atoms with Gasteiger partial charge in [-0.1, -0.05) is 11.3 Å². The number of carboxylic acids is 1. The van der Waals surface area contributed by atoms with Gasteiger partial charge in [0.1, 0.15) is 11.3 Å². The summed E-state index contributed by atoms with van der Waals surface area (Å²) >= 11 is 1.28. The van der Waals surface area contributed by atoms with Crippen LogP contribution in [0.1, 0.15) is 27.8 Å². The fraction of sp³-hybridized carbons (Fsp3) is 0.200. The van der Waals surface area contributed by atoms with E-state index < -0.39 is 11.9 Å². The van der Waals surface area contributed by atoms with E-state index in [4.69, 9.17) is 9.84 Å². The predicted octanol–water partition coefficient (Wildman–Crippen LogP) is 2.38. The van der Waals surface area contributed by atoms with Crippen molar-refractivity contribution in [2.75, 3.05) is 11.9 Å². The molecule has 0 unspecified atom stereocenters. The number of fused-ring (bicyclic) bond motifs is 1. The molecular weight excluding hydrogens is 332 g/mol. The summed E-state index contributed by atoms with van der Waals surface area (Å²) in [6.45, 7) is 2.46. The van der Waals surface area contributed by atoms with Crippen molar-refractivity contribution in [3.63, 3.8) is 0 Å². The summed E-state index contributed by atoms with van der Waals surface area (Å²) in [4.78, 5) is 27.8. The first-order valence-corrected chi connectivity index (χ1v) is 7.91. The Bertz CT molecular complexity index is 931. The second-order valence-electron chi connectivity index (χ2n) is 4.91. The third kappa shape index (κ3) is 3.06. The number of amides is 1. The van der Waals surface area contributed by atoms with Gasteiger partial charge in [-0.2, -0.15) is 5.10 Å². The van der Waals surface area contributed by atoms with Crippen molar-refractivity contribution in [1.82, 2.24) is 14.8 Å². The number of hydrogen-bond donors (Lipinski definition) is 2. The molecule has 8 nitrogen and oxygen atoms in total. The predicted molar refractivity (Wildman–Crippen MR) is 88.9 cm³/mol. The van der Waals surface area contributed by atoms with Crippen LogP contribution in [-0.2, 0) is 7.05 Å². The second-order valence-corrected chi connectivity index (χ2v) is 5.94. The molecule has 3 rings (SSSR count). The third-order valence-corrected chi connectivity index (χ3v) is 4.10. The summed E-state index contributed by atoms with van der Waals surface area (Å²) in [5.74, 6) is -1.10. The molecule has 0 fully saturated rings. The number of aromatic nitrogens is 3. The number of benzene rings is 1. The van der Waals surface area contributed by atoms with Gasteiger partial charge in [0, 0.05) is 13.2 Å². The lowest BCUT2D eigenvalue weighted by atomic mass is 10.2. The molecule has 0 saturated heterocycles. The first-order chi connectivity index (χ1) is 11.5. The molecule has 0 bridgehead atoms. The fourth-order valence-corrected chi connectivity index (χ4v) is 3.07. The average Bonchev–Trinajstić information content (AvgIpc) is 3.10. The van der Waals surface area contributed by atoms with E-state index in [-0.39, 0.29) is 11.3 Å². The van der Waals surface area contributed by atoms with Crippen LogP contribution in [0.4, 0.5) is 5.13 Å². The molecule has 1 amide bonds. The average molecular weight is 346 g/mol. The number of aryl methyl sites for hydroxylation is 1. The van der Waals surface area contributed by atoms with Gasteiger partial charge in [-0.25, -0.2) is 9.78 Å². The number of thiazole rings is 1. The number of rotatable bonds is 5. The van der Waals surface area contributed by atoms with Crippen LogP contribution in [0.15, 0.2) is 24.4 Å². The molecule has 0 saturated carbocycles. The third-order valence-electron chi connectivity index (χ3n) is 3.17. The maximum atomic E-state index is 12.3. The first kappa shape index (κ1) is 15.9. The lowest BCUT2D eigenvalue weighted by Gasteiger charge is -2.00. The van der Waals surface area contributed by atoms with Crippen LogP contribution in [0.5, 0.6) is 5.75 Å². The van der Waals surface area contributed by atoms with Crippen molar-refractivity contribution in [2.45, 2.75) is 6.92 Å². The fourth-order valence-electron chi connectivity index (χ4n) is 2.18. The molecule has 2 aromatic heterocycles. The zero-order valence-corrected chi connectivity index (χ0v) is 13.8. The highest BCUT2D eigenvalue weighted by atomic mass is 32.1. The number of carbonyl (C=O) groups is 2. The lowest BCUT2D eigenvalue weighted by Crippen LogP contribution is -2.16. The van der Waals surface area contributed by atoms with E-state index in [1.54, 1.807) is 19.2 Å². The van der Waals surface area contributed by atoms with Crippen LogP contribution >= 0.6 is 11.3 Å². The number of carboxylic acid groups (broad SMARTS) is 1. The molecule has 0 atom stereocenters. The molecule has 0 aliphatic heterocycles. The van der Waals surface area contributed by atoms with Crippen molar-refractivity contribution in [2.24, 2.45) is 7.05 Å². The normalized spacial score (nSPS) is 10.8. The zero-order chi connectivity index (χ0) is 17.3. The Morgan fingerprint density at radius 2 is 2.21 bits per heavy atom. The van der Waals surface area contributed by atoms with E-state index in [0.717, 1.165) is 16.0 Å². The SMILES string of the molecule is CCOc1ccc2nc(NC(=O)c3nn(C)cc3C(=O)O)sc2c1. The van der Waals surface area contributed by atoms with Gasteiger partial charge in [0.15, 0.2) is 10.8 Å². The van der Waals surface area contributed by atoms with E-state index >= 15 is 0 Å². The Labute approximate surface area is 140 Å². The van der Waals surface area contributed by atoms with Crippen molar-refractivity contribution < 1.29 is 19.4 Å². The van der Waals surface area contributed by atoms with Crippen LogP contribution in [0, 0.1) is 0 Å². The maximum absolute atomic E-state index is 12.3. The molecule has 24 heavy (non-hydrogen) atoms. The molecule has 3 aromatic rings. The van der Waals surface area contributed by atoms with Gasteiger partial charge in [0.05, 0.1) is 16.8 Å². The number of anilines is 1. The summed E-state index contributed by atoms with van der Waals surface area (Å²) in [7, 11) is 1.55. The van der Waals surface area contributed by atoms with Gasteiger partial charge >= 0.3 is 5.97 Å². The molecule has 9 heteroatoms. The molecule has 2 N–H and O–H groups in total. The molecular formula is C15H14N4O4S. The zero-order valence-electron chi connectivity index (χ0n) is 12.9. The van der Waals surface area contributed by atoms with Crippen molar-refractivity contribution >= 4 is 38.6 Å². The number of hydrogen-bond acceptors (Lipinski definition) is 6. The molecule has 0 aliphatic carbocycles. The molecule has 1 aromatic carbocycles. The summed E-state index contributed by atoms with van der Waals surface area (Å²) in [6, 6.07) is 5.45. The Kier molecular flexibility index (Phi) is 4.17. The molecule has 124 valence electrons. The summed E-state index contributed by atoms with van der Waals surface area (Å²) in [6.07, 6.45) is 1.28. The lowest BCUT2D eigenvalue weighted by molar-refractivity contribution is 0.0692. The first-order valence-electron chi connectivity index (χ1n) is 7.09. The molecule has 0 spiro atoms. The van der Waals surface area contributed by atoms with E-state index in [1.165, 1.54) is 22.2 Å². The van der Waals surface area contributed by atoms with Gasteiger partial charge in [0.2, 0.25) is 0 Å². The van der Waals surface area contributed by atoms with E-state index in [2.05, 4.69) is 15.4 Å². The largest absolute Gasteiger partial charge is 0.494 e. The highest BCUT2D eigenvalue weighted by molar-refractivity contribution is 7.22. The summed E-state index contributed by atoms with van der Waals surface area (Å²) in [5.41, 5.74) is 0.409. The minimum atomic E-state index is -1.21. The minimum absolute atomic E-state index is 0.153. The molecule has 0 radical (unpaired) electrons. The van der Waals surface area contributed by atoms with Gasteiger partial charge < -0.3 is 9.84 Å². The van der Waals surface area contributed by atoms with Crippen LogP contribution in [0.2, 0.25) is 0 Å². The van der Waals surface area contributed by atoms with Crippen molar-refractivity contribution in [1.29, 1.82) is 0 Å². The molecule has 0 aliphatic rings. The Morgan fingerprint density at radius 1 is 1.42 bits per heavy atom. The number of carbonyl (C=O) groups excluding carboxylic acids is 1. The quantitative estimate of drug-likeness (QED) is 0.734. The van der Waals surface area contributed by atoms with Crippen molar-refractivity contribution in [3.05, 3.63) is 35.7 Å². The van der Waals surface area contributed by atoms with Gasteiger partial charge in [-0.05, 0) is 25.1 Å². The minimum Gasteiger partial charge on any atom is -0.494 e. The topological polar surface area (TPSA) is 106 Å². The van der Waals surface area contributed by atoms with Crippen LogP contribution in [-0.4, -0.2) is 38.4 Å². The van der Waals surface area contributed by atoms with Crippen LogP contribution in [0.25, 0.3) is 10.2 Å². The molecule has 2 heterocycles.